The maximum absolute atomic E-state index is 11.0. The quantitative estimate of drug-likeness (QED) is 0.581. The van der Waals surface area contributed by atoms with Crippen molar-refractivity contribution in [2.45, 2.75) is 52.9 Å². The number of carbonyl (C=O) groups is 1. The molecule has 2 nitrogen and oxygen atoms in total. The summed E-state index contributed by atoms with van der Waals surface area (Å²) in [5.41, 5.74) is 0.348. The van der Waals surface area contributed by atoms with Crippen LogP contribution < -0.4 is 0 Å². The van der Waals surface area contributed by atoms with Crippen LogP contribution in [0, 0.1) is 5.41 Å². The largest absolute Gasteiger partial charge is 0.273 e. The fourth-order valence-electron chi connectivity index (χ4n) is 1.73. The Morgan fingerprint density at radius 3 is 2.00 bits per heavy atom. The first-order valence-corrected chi connectivity index (χ1v) is 5.13. The molecule has 0 bridgehead atoms. The van der Waals surface area contributed by atoms with E-state index >= 15 is 0 Å². The van der Waals surface area contributed by atoms with Crippen LogP contribution in [0.25, 0.3) is 0 Å². The van der Waals surface area contributed by atoms with E-state index in [0.717, 1.165) is 25.7 Å². The Kier molecular flexibility index (Phi) is 5.60. The standard InChI is InChI=1S/C11H21NO/c1-5-11(6-2,7-3)9-8-10(13)12-4/h4-9H2,1-3H3. The first kappa shape index (κ1) is 12.3. The van der Waals surface area contributed by atoms with Gasteiger partial charge in [0, 0.05) is 6.42 Å². The molecule has 0 aromatic heterocycles. The van der Waals surface area contributed by atoms with Crippen LogP contribution in [0.3, 0.4) is 0 Å². The third-order valence-corrected chi connectivity index (χ3v) is 3.30. The summed E-state index contributed by atoms with van der Waals surface area (Å²) in [6.45, 7) is 9.82. The summed E-state index contributed by atoms with van der Waals surface area (Å²) < 4.78 is 0. The molecule has 0 rings (SSSR count). The molecule has 0 fully saturated rings. The molecule has 0 unspecified atom stereocenters. The van der Waals surface area contributed by atoms with Gasteiger partial charge in [-0.3, -0.25) is 4.79 Å². The third-order valence-electron chi connectivity index (χ3n) is 3.30. The predicted octanol–water partition coefficient (Wildman–Crippen LogP) is 3.21. The highest BCUT2D eigenvalue weighted by Crippen LogP contribution is 2.35. The smallest absolute Gasteiger partial charge is 0.245 e. The molecule has 0 aliphatic carbocycles. The topological polar surface area (TPSA) is 29.4 Å². The molecule has 0 N–H and O–H groups in total. The van der Waals surface area contributed by atoms with Crippen LogP contribution in [-0.2, 0) is 4.79 Å². The summed E-state index contributed by atoms with van der Waals surface area (Å²) in [4.78, 5) is 14.4. The zero-order valence-electron chi connectivity index (χ0n) is 9.10. The molecule has 0 aliphatic heterocycles. The van der Waals surface area contributed by atoms with Gasteiger partial charge < -0.3 is 0 Å². The van der Waals surface area contributed by atoms with Gasteiger partial charge >= 0.3 is 0 Å². The normalized spacial score (nSPS) is 11.3. The van der Waals surface area contributed by atoms with Crippen LogP contribution >= 0.6 is 0 Å². The second-order valence-electron chi connectivity index (χ2n) is 3.61. The van der Waals surface area contributed by atoms with Gasteiger partial charge in [0.25, 0.3) is 0 Å². The molecule has 76 valence electrons. The summed E-state index contributed by atoms with van der Waals surface area (Å²) in [5, 5.41) is 0. The zero-order chi connectivity index (χ0) is 10.3. The maximum Gasteiger partial charge on any atom is 0.245 e. The molecule has 0 saturated carbocycles. The van der Waals surface area contributed by atoms with E-state index in [1.807, 2.05) is 0 Å². The number of carbonyl (C=O) groups excluding carboxylic acids is 1. The van der Waals surface area contributed by atoms with E-state index in [9.17, 15) is 4.79 Å². The number of nitrogens with zero attached hydrogens (tertiary/aromatic N) is 1. The number of hydrogen-bond acceptors (Lipinski definition) is 1. The van der Waals surface area contributed by atoms with E-state index < -0.39 is 0 Å². The summed E-state index contributed by atoms with van der Waals surface area (Å²) >= 11 is 0. The molecule has 0 aliphatic rings. The van der Waals surface area contributed by atoms with Crippen LogP contribution in [0.4, 0.5) is 0 Å². The monoisotopic (exact) mass is 183 g/mol. The SMILES string of the molecule is C=NC(=O)CCC(CC)(CC)CC. The van der Waals surface area contributed by atoms with Gasteiger partial charge in [0.05, 0.1) is 0 Å². The van der Waals surface area contributed by atoms with Crippen molar-refractivity contribution in [2.75, 3.05) is 0 Å². The minimum atomic E-state index is -0.0697. The highest BCUT2D eigenvalue weighted by Gasteiger charge is 2.24. The van der Waals surface area contributed by atoms with E-state index in [2.05, 4.69) is 32.5 Å². The lowest BCUT2D eigenvalue weighted by atomic mass is 9.76. The Morgan fingerprint density at radius 2 is 1.69 bits per heavy atom. The molecular formula is C11H21NO. The fourth-order valence-corrected chi connectivity index (χ4v) is 1.73. The predicted molar refractivity (Wildman–Crippen MR) is 57.1 cm³/mol. The summed E-state index contributed by atoms with van der Waals surface area (Å²) in [7, 11) is 0. The zero-order valence-corrected chi connectivity index (χ0v) is 9.10. The van der Waals surface area contributed by atoms with Crippen molar-refractivity contribution in [1.82, 2.24) is 0 Å². The van der Waals surface area contributed by atoms with Gasteiger partial charge in [-0.15, -0.1) is 0 Å². The second kappa shape index (κ2) is 5.90. The van der Waals surface area contributed by atoms with Crippen molar-refractivity contribution in [2.24, 2.45) is 10.4 Å². The third kappa shape index (κ3) is 3.71. The molecule has 1 amide bonds. The number of aliphatic imine (C=N–C) groups is 1. The van der Waals surface area contributed by atoms with Gasteiger partial charge in [-0.1, -0.05) is 40.0 Å². The van der Waals surface area contributed by atoms with Crippen molar-refractivity contribution in [1.29, 1.82) is 0 Å². The van der Waals surface area contributed by atoms with Gasteiger partial charge in [-0.05, 0) is 18.6 Å². The van der Waals surface area contributed by atoms with E-state index in [4.69, 9.17) is 0 Å². The van der Waals surface area contributed by atoms with Crippen LogP contribution in [0.15, 0.2) is 4.99 Å². The van der Waals surface area contributed by atoms with E-state index in [0.29, 0.717) is 11.8 Å². The van der Waals surface area contributed by atoms with Crippen LogP contribution in [0.5, 0.6) is 0 Å². The number of hydrogen-bond donors (Lipinski definition) is 0. The highest BCUT2D eigenvalue weighted by atomic mass is 16.1. The lowest BCUT2D eigenvalue weighted by molar-refractivity contribution is -0.118. The fraction of sp³-hybridized carbons (Fsp3) is 0.818. The Morgan fingerprint density at radius 1 is 1.23 bits per heavy atom. The Bertz CT molecular complexity index is 163. The maximum atomic E-state index is 11.0. The van der Waals surface area contributed by atoms with Crippen LogP contribution in [-0.4, -0.2) is 12.6 Å². The molecule has 0 saturated heterocycles. The first-order valence-electron chi connectivity index (χ1n) is 5.13. The molecule has 0 aromatic rings. The van der Waals surface area contributed by atoms with Crippen molar-refractivity contribution in [3.05, 3.63) is 0 Å². The lowest BCUT2D eigenvalue weighted by Crippen LogP contribution is -2.18. The Labute approximate surface area is 81.4 Å². The number of rotatable bonds is 6. The Hall–Kier alpha value is -0.660. The van der Waals surface area contributed by atoms with Crippen molar-refractivity contribution in [3.8, 4) is 0 Å². The summed E-state index contributed by atoms with van der Waals surface area (Å²) in [5.74, 6) is -0.0697. The highest BCUT2D eigenvalue weighted by molar-refractivity contribution is 5.80. The van der Waals surface area contributed by atoms with Crippen LogP contribution in [0.1, 0.15) is 52.9 Å². The van der Waals surface area contributed by atoms with Crippen molar-refractivity contribution < 1.29 is 4.79 Å². The molecule has 0 heterocycles. The summed E-state index contributed by atoms with van der Waals surface area (Å²) in [6.07, 6.45) is 4.94. The average Bonchev–Trinajstić information content (AvgIpc) is 2.20. The molecular weight excluding hydrogens is 162 g/mol. The second-order valence-corrected chi connectivity index (χ2v) is 3.61. The average molecular weight is 183 g/mol. The van der Waals surface area contributed by atoms with Crippen LogP contribution in [0.2, 0.25) is 0 Å². The molecule has 0 radical (unpaired) electrons. The van der Waals surface area contributed by atoms with E-state index in [-0.39, 0.29) is 5.91 Å². The molecule has 2 heteroatoms. The first-order chi connectivity index (χ1) is 6.14. The van der Waals surface area contributed by atoms with Gasteiger partial charge in [0.1, 0.15) is 0 Å². The molecule has 0 spiro atoms. The van der Waals surface area contributed by atoms with Gasteiger partial charge in [0.2, 0.25) is 5.91 Å². The Balaban J connectivity index is 4.09. The number of amides is 1. The minimum absolute atomic E-state index is 0.0697. The summed E-state index contributed by atoms with van der Waals surface area (Å²) in [6, 6.07) is 0. The van der Waals surface area contributed by atoms with Gasteiger partial charge in [0.15, 0.2) is 0 Å². The molecule has 13 heavy (non-hydrogen) atoms. The lowest BCUT2D eigenvalue weighted by Gasteiger charge is -2.29. The van der Waals surface area contributed by atoms with E-state index in [1.165, 1.54) is 0 Å². The molecule has 0 atom stereocenters. The van der Waals surface area contributed by atoms with Crippen molar-refractivity contribution in [3.63, 3.8) is 0 Å². The van der Waals surface area contributed by atoms with Gasteiger partial charge in [-0.2, -0.15) is 0 Å². The molecule has 0 aromatic carbocycles. The van der Waals surface area contributed by atoms with Gasteiger partial charge in [-0.25, -0.2) is 4.99 Å². The van der Waals surface area contributed by atoms with E-state index in [1.54, 1.807) is 0 Å². The van der Waals surface area contributed by atoms with Crippen molar-refractivity contribution >= 4 is 12.6 Å². The minimum Gasteiger partial charge on any atom is -0.273 e.